The van der Waals surface area contributed by atoms with Gasteiger partial charge in [-0.25, -0.2) is 0 Å². The zero-order valence-corrected chi connectivity index (χ0v) is 13.0. The number of nitrogens with zero attached hydrogens (tertiary/aromatic N) is 2. The summed E-state index contributed by atoms with van der Waals surface area (Å²) in [5, 5.41) is 3.98. The predicted octanol–water partition coefficient (Wildman–Crippen LogP) is 3.41. The third kappa shape index (κ3) is 3.24. The van der Waals surface area contributed by atoms with E-state index in [1.165, 1.54) is 0 Å². The van der Waals surface area contributed by atoms with E-state index < -0.39 is 0 Å². The van der Waals surface area contributed by atoms with Crippen LogP contribution in [0.15, 0.2) is 22.7 Å². The Hall–Kier alpha value is -1.15. The van der Waals surface area contributed by atoms with E-state index in [0.29, 0.717) is 17.4 Å². The number of nitrogen functional groups attached to an aromatic ring is 1. The second-order valence-electron chi connectivity index (χ2n) is 4.20. The van der Waals surface area contributed by atoms with Crippen LogP contribution in [0.4, 0.5) is 5.69 Å². The summed E-state index contributed by atoms with van der Waals surface area (Å²) in [6.07, 6.45) is 1.72. The SMILES string of the molecule is CCCC(OC)c1noc(-c2cc(I)ccc2N)n1. The molecule has 0 aliphatic carbocycles. The molecule has 1 atom stereocenters. The van der Waals surface area contributed by atoms with Crippen LogP contribution in [0.2, 0.25) is 0 Å². The molecule has 1 heterocycles. The topological polar surface area (TPSA) is 74.2 Å². The monoisotopic (exact) mass is 373 g/mol. The third-order valence-corrected chi connectivity index (χ3v) is 3.48. The van der Waals surface area contributed by atoms with Gasteiger partial charge in [0.15, 0.2) is 0 Å². The highest BCUT2D eigenvalue weighted by molar-refractivity contribution is 14.1. The number of rotatable bonds is 5. The van der Waals surface area contributed by atoms with Gasteiger partial charge in [0.05, 0.1) is 5.56 Å². The van der Waals surface area contributed by atoms with Gasteiger partial charge < -0.3 is 15.0 Å². The van der Waals surface area contributed by atoms with Crippen molar-refractivity contribution in [3.63, 3.8) is 0 Å². The van der Waals surface area contributed by atoms with E-state index in [0.717, 1.165) is 22.0 Å². The maximum absolute atomic E-state index is 5.94. The number of benzene rings is 1. The molecular formula is C13H16IN3O2. The van der Waals surface area contributed by atoms with Gasteiger partial charge in [-0.2, -0.15) is 4.98 Å². The fraction of sp³-hybridized carbons (Fsp3) is 0.385. The maximum atomic E-state index is 5.94. The molecule has 19 heavy (non-hydrogen) atoms. The van der Waals surface area contributed by atoms with Gasteiger partial charge >= 0.3 is 0 Å². The molecule has 5 nitrogen and oxygen atoms in total. The summed E-state index contributed by atoms with van der Waals surface area (Å²) in [6.45, 7) is 2.09. The fourth-order valence-electron chi connectivity index (χ4n) is 1.80. The number of methoxy groups -OCH3 is 1. The van der Waals surface area contributed by atoms with Crippen LogP contribution in [0.1, 0.15) is 31.7 Å². The van der Waals surface area contributed by atoms with Crippen molar-refractivity contribution >= 4 is 28.3 Å². The van der Waals surface area contributed by atoms with Crippen molar-refractivity contribution in [1.29, 1.82) is 0 Å². The van der Waals surface area contributed by atoms with Crippen LogP contribution in [0.5, 0.6) is 0 Å². The smallest absolute Gasteiger partial charge is 0.260 e. The van der Waals surface area contributed by atoms with E-state index >= 15 is 0 Å². The van der Waals surface area contributed by atoms with E-state index in [9.17, 15) is 0 Å². The second kappa shape index (κ2) is 6.33. The van der Waals surface area contributed by atoms with Gasteiger partial charge in [0, 0.05) is 16.4 Å². The van der Waals surface area contributed by atoms with Gasteiger partial charge in [-0.15, -0.1) is 0 Å². The van der Waals surface area contributed by atoms with Crippen molar-refractivity contribution in [3.05, 3.63) is 27.6 Å². The van der Waals surface area contributed by atoms with Crippen molar-refractivity contribution in [2.75, 3.05) is 12.8 Å². The molecule has 102 valence electrons. The van der Waals surface area contributed by atoms with Gasteiger partial charge in [0.25, 0.3) is 5.89 Å². The lowest BCUT2D eigenvalue weighted by molar-refractivity contribution is 0.0854. The largest absolute Gasteiger partial charge is 0.398 e. The molecule has 0 aliphatic heterocycles. The molecule has 2 rings (SSSR count). The average Bonchev–Trinajstić information content (AvgIpc) is 2.88. The van der Waals surface area contributed by atoms with Crippen molar-refractivity contribution in [2.45, 2.75) is 25.9 Å². The Labute approximate surface area is 125 Å². The molecule has 0 saturated heterocycles. The van der Waals surface area contributed by atoms with Crippen LogP contribution < -0.4 is 5.73 Å². The quantitative estimate of drug-likeness (QED) is 0.642. The Balaban J connectivity index is 2.32. The molecule has 0 spiro atoms. The summed E-state index contributed by atoms with van der Waals surface area (Å²) in [6, 6.07) is 5.70. The number of aromatic nitrogens is 2. The number of ether oxygens (including phenoxy) is 1. The van der Waals surface area contributed by atoms with E-state index in [1.54, 1.807) is 7.11 Å². The summed E-state index contributed by atoms with van der Waals surface area (Å²) in [7, 11) is 1.65. The molecule has 2 N–H and O–H groups in total. The normalized spacial score (nSPS) is 12.6. The highest BCUT2D eigenvalue weighted by atomic mass is 127. The fourth-order valence-corrected chi connectivity index (χ4v) is 2.29. The minimum absolute atomic E-state index is 0.133. The molecular weight excluding hydrogens is 357 g/mol. The predicted molar refractivity (Wildman–Crippen MR) is 81.5 cm³/mol. The van der Waals surface area contributed by atoms with E-state index in [1.807, 2.05) is 18.2 Å². The molecule has 1 aromatic heterocycles. The highest BCUT2D eigenvalue weighted by Gasteiger charge is 2.19. The molecule has 1 aromatic carbocycles. The number of anilines is 1. The molecule has 1 unspecified atom stereocenters. The van der Waals surface area contributed by atoms with Gasteiger partial charge in [-0.1, -0.05) is 18.5 Å². The van der Waals surface area contributed by atoms with Gasteiger partial charge in [-0.05, 0) is 47.2 Å². The first-order chi connectivity index (χ1) is 9.15. The van der Waals surface area contributed by atoms with E-state index in [2.05, 4.69) is 39.7 Å². The van der Waals surface area contributed by atoms with Crippen LogP contribution in [0.25, 0.3) is 11.5 Å². The minimum Gasteiger partial charge on any atom is -0.398 e. The van der Waals surface area contributed by atoms with Crippen molar-refractivity contribution in [2.24, 2.45) is 0 Å². The van der Waals surface area contributed by atoms with Crippen LogP contribution >= 0.6 is 22.6 Å². The second-order valence-corrected chi connectivity index (χ2v) is 5.45. The minimum atomic E-state index is -0.133. The molecule has 0 saturated carbocycles. The summed E-state index contributed by atoms with van der Waals surface area (Å²) in [4.78, 5) is 4.39. The summed E-state index contributed by atoms with van der Waals surface area (Å²) < 4.78 is 11.7. The third-order valence-electron chi connectivity index (χ3n) is 2.81. The van der Waals surface area contributed by atoms with Crippen LogP contribution in [-0.4, -0.2) is 17.3 Å². The first-order valence-corrected chi connectivity index (χ1v) is 7.15. The van der Waals surface area contributed by atoms with Crippen LogP contribution in [0.3, 0.4) is 0 Å². The molecule has 2 aromatic rings. The summed E-state index contributed by atoms with van der Waals surface area (Å²) in [5.41, 5.74) is 7.32. The van der Waals surface area contributed by atoms with Gasteiger partial charge in [0.2, 0.25) is 5.82 Å². The number of hydrogen-bond donors (Lipinski definition) is 1. The first kappa shape index (κ1) is 14.3. The molecule has 0 amide bonds. The Kier molecular flexibility index (Phi) is 4.76. The van der Waals surface area contributed by atoms with Gasteiger partial charge in [-0.3, -0.25) is 0 Å². The molecule has 6 heteroatoms. The lowest BCUT2D eigenvalue weighted by Crippen LogP contribution is -2.03. The molecule has 0 fully saturated rings. The molecule has 0 aliphatic rings. The Morgan fingerprint density at radius 1 is 1.47 bits per heavy atom. The Morgan fingerprint density at radius 3 is 2.95 bits per heavy atom. The summed E-state index contributed by atoms with van der Waals surface area (Å²) >= 11 is 2.22. The van der Waals surface area contributed by atoms with E-state index in [-0.39, 0.29) is 6.10 Å². The lowest BCUT2D eigenvalue weighted by Gasteiger charge is -2.08. The number of nitrogens with two attached hydrogens (primary N) is 1. The zero-order chi connectivity index (χ0) is 13.8. The Morgan fingerprint density at radius 2 is 2.26 bits per heavy atom. The molecule has 0 bridgehead atoms. The van der Waals surface area contributed by atoms with Crippen molar-refractivity contribution in [1.82, 2.24) is 10.1 Å². The summed E-state index contributed by atoms with van der Waals surface area (Å²) in [5.74, 6) is 1.00. The van der Waals surface area contributed by atoms with E-state index in [4.69, 9.17) is 15.0 Å². The Bertz CT molecular complexity index is 557. The highest BCUT2D eigenvalue weighted by Crippen LogP contribution is 2.28. The van der Waals surface area contributed by atoms with Crippen molar-refractivity contribution in [3.8, 4) is 11.5 Å². The van der Waals surface area contributed by atoms with Crippen molar-refractivity contribution < 1.29 is 9.26 Å². The zero-order valence-electron chi connectivity index (χ0n) is 10.9. The first-order valence-electron chi connectivity index (χ1n) is 6.07. The maximum Gasteiger partial charge on any atom is 0.260 e. The standard InChI is InChI=1S/C13H16IN3O2/c1-3-4-11(18-2)12-16-13(19-17-12)9-7-8(14)5-6-10(9)15/h5-7,11H,3-4,15H2,1-2H3. The number of halogens is 1. The van der Waals surface area contributed by atoms with Crippen LogP contribution in [0, 0.1) is 3.57 Å². The molecule has 0 radical (unpaired) electrons. The van der Waals surface area contributed by atoms with Gasteiger partial charge in [0.1, 0.15) is 6.10 Å². The lowest BCUT2D eigenvalue weighted by atomic mass is 10.2. The average molecular weight is 373 g/mol. The number of hydrogen-bond acceptors (Lipinski definition) is 5. The van der Waals surface area contributed by atoms with Crippen LogP contribution in [-0.2, 0) is 4.74 Å².